The Morgan fingerprint density at radius 1 is 1.25 bits per heavy atom. The average molecular weight is 275 g/mol. The lowest BCUT2D eigenvalue weighted by Gasteiger charge is -2.11. The van der Waals surface area contributed by atoms with Crippen LogP contribution < -0.4 is 4.18 Å². The number of hydrogen-bond donors (Lipinski definition) is 0. The second kappa shape index (κ2) is 4.50. The molecule has 16 heavy (non-hydrogen) atoms. The van der Waals surface area contributed by atoms with Crippen LogP contribution in [0.5, 0.6) is 5.75 Å². The first-order chi connectivity index (χ1) is 7.28. The number of benzene rings is 1. The van der Waals surface area contributed by atoms with E-state index < -0.39 is 21.4 Å². The van der Waals surface area contributed by atoms with Gasteiger partial charge in [0, 0.05) is 5.56 Å². The highest BCUT2D eigenvalue weighted by Crippen LogP contribution is 2.29. The Balaban J connectivity index is 3.06. The van der Waals surface area contributed by atoms with E-state index in [-0.39, 0.29) is 11.4 Å². The highest BCUT2D eigenvalue weighted by molar-refractivity contribution is 7.88. The monoisotopic (exact) mass is 274 g/mol. The van der Waals surface area contributed by atoms with Gasteiger partial charge in [-0.3, -0.25) is 0 Å². The molecule has 90 valence electrons. The molecule has 0 aliphatic rings. The SMILES string of the molecule is O=S(=O)(Oc1ccccc1CCl)C(F)(F)F. The first kappa shape index (κ1) is 13.1. The summed E-state index contributed by atoms with van der Waals surface area (Å²) in [5.41, 5.74) is -5.29. The molecule has 0 aromatic heterocycles. The molecule has 0 amide bonds. The molecule has 0 aliphatic heterocycles. The maximum absolute atomic E-state index is 12.0. The van der Waals surface area contributed by atoms with Crippen molar-refractivity contribution in [2.24, 2.45) is 0 Å². The summed E-state index contributed by atoms with van der Waals surface area (Å²) in [6, 6.07) is 5.32. The van der Waals surface area contributed by atoms with Crippen molar-refractivity contribution in [3.8, 4) is 5.75 Å². The van der Waals surface area contributed by atoms with Crippen LogP contribution in [0.2, 0.25) is 0 Å². The van der Waals surface area contributed by atoms with Crippen LogP contribution in [0.4, 0.5) is 13.2 Å². The first-order valence-corrected chi connectivity index (χ1v) is 5.87. The molecule has 0 radical (unpaired) electrons. The highest BCUT2D eigenvalue weighted by atomic mass is 35.5. The largest absolute Gasteiger partial charge is 0.534 e. The highest BCUT2D eigenvalue weighted by Gasteiger charge is 2.48. The van der Waals surface area contributed by atoms with E-state index in [2.05, 4.69) is 4.18 Å². The van der Waals surface area contributed by atoms with Crippen LogP contribution in [0.1, 0.15) is 5.56 Å². The summed E-state index contributed by atoms with van der Waals surface area (Å²) in [4.78, 5) is 0. The summed E-state index contributed by atoms with van der Waals surface area (Å²) in [5, 5.41) is 0. The van der Waals surface area contributed by atoms with E-state index in [1.54, 1.807) is 0 Å². The zero-order valence-corrected chi connectivity index (χ0v) is 9.23. The van der Waals surface area contributed by atoms with Crippen LogP contribution in [-0.4, -0.2) is 13.9 Å². The molecule has 0 aliphatic carbocycles. The molecule has 0 N–H and O–H groups in total. The van der Waals surface area contributed by atoms with Gasteiger partial charge in [0.25, 0.3) is 0 Å². The van der Waals surface area contributed by atoms with Gasteiger partial charge in [0.05, 0.1) is 5.88 Å². The molecule has 0 bridgehead atoms. The van der Waals surface area contributed by atoms with Crippen LogP contribution in [-0.2, 0) is 16.0 Å². The summed E-state index contributed by atoms with van der Waals surface area (Å²) in [6.07, 6.45) is 0. The Bertz CT molecular complexity index is 470. The van der Waals surface area contributed by atoms with E-state index in [1.807, 2.05) is 0 Å². The van der Waals surface area contributed by atoms with Gasteiger partial charge in [0.1, 0.15) is 5.75 Å². The maximum Gasteiger partial charge on any atom is 0.534 e. The zero-order valence-electron chi connectivity index (χ0n) is 7.66. The molecule has 0 saturated carbocycles. The molecule has 0 saturated heterocycles. The minimum absolute atomic E-state index is 0.149. The number of alkyl halides is 4. The Labute approximate surface area is 94.9 Å². The molecule has 0 atom stereocenters. The van der Waals surface area contributed by atoms with Crippen LogP contribution in [0.15, 0.2) is 24.3 Å². The van der Waals surface area contributed by atoms with Crippen molar-refractivity contribution in [3.05, 3.63) is 29.8 Å². The predicted octanol–water partition coefficient (Wildman–Crippen LogP) is 2.65. The smallest absolute Gasteiger partial charge is 0.376 e. The van der Waals surface area contributed by atoms with Crippen molar-refractivity contribution in [2.75, 3.05) is 0 Å². The van der Waals surface area contributed by atoms with Gasteiger partial charge in [0.15, 0.2) is 0 Å². The van der Waals surface area contributed by atoms with Gasteiger partial charge in [0.2, 0.25) is 0 Å². The van der Waals surface area contributed by atoms with E-state index in [1.165, 1.54) is 18.2 Å². The van der Waals surface area contributed by atoms with Gasteiger partial charge in [-0.1, -0.05) is 18.2 Å². The van der Waals surface area contributed by atoms with Gasteiger partial charge in [-0.25, -0.2) is 0 Å². The number of halogens is 4. The first-order valence-electron chi connectivity index (χ1n) is 3.92. The third-order valence-electron chi connectivity index (χ3n) is 1.60. The molecule has 0 heterocycles. The molecule has 0 spiro atoms. The van der Waals surface area contributed by atoms with Gasteiger partial charge < -0.3 is 4.18 Å². The molecule has 3 nitrogen and oxygen atoms in total. The third-order valence-corrected chi connectivity index (χ3v) is 2.85. The molecule has 1 aromatic carbocycles. The van der Waals surface area contributed by atoms with Gasteiger partial charge >= 0.3 is 15.6 Å². The number of rotatable bonds is 3. The number of hydrogen-bond acceptors (Lipinski definition) is 3. The van der Waals surface area contributed by atoms with Crippen LogP contribution >= 0.6 is 11.6 Å². The zero-order chi connectivity index (χ0) is 12.4. The summed E-state index contributed by atoms with van der Waals surface area (Å²) in [6.45, 7) is 0. The molecule has 8 heteroatoms. The molecule has 1 aromatic rings. The second-order valence-corrected chi connectivity index (χ2v) is 4.53. The van der Waals surface area contributed by atoms with Crippen molar-refractivity contribution >= 4 is 21.7 Å². The number of para-hydroxylation sites is 1. The molecule has 1 rings (SSSR count). The second-order valence-electron chi connectivity index (χ2n) is 2.72. The lowest BCUT2D eigenvalue weighted by atomic mass is 10.2. The van der Waals surface area contributed by atoms with E-state index >= 15 is 0 Å². The normalized spacial score (nSPS) is 12.5. The summed E-state index contributed by atoms with van der Waals surface area (Å²) in [5.74, 6) is -0.571. The van der Waals surface area contributed by atoms with E-state index in [0.29, 0.717) is 0 Å². The Morgan fingerprint density at radius 3 is 2.31 bits per heavy atom. The Morgan fingerprint density at radius 2 is 1.81 bits per heavy atom. The van der Waals surface area contributed by atoms with Crippen molar-refractivity contribution in [1.29, 1.82) is 0 Å². The van der Waals surface area contributed by atoms with Crippen LogP contribution in [0, 0.1) is 0 Å². The lowest BCUT2D eigenvalue weighted by molar-refractivity contribution is -0.0500. The minimum Gasteiger partial charge on any atom is -0.376 e. The maximum atomic E-state index is 12.0. The van der Waals surface area contributed by atoms with Crippen LogP contribution in [0.3, 0.4) is 0 Å². The molecule has 0 unspecified atom stereocenters. The fraction of sp³-hybridized carbons (Fsp3) is 0.250. The molecular weight excluding hydrogens is 269 g/mol. The lowest BCUT2D eigenvalue weighted by Crippen LogP contribution is -2.28. The van der Waals surface area contributed by atoms with Crippen molar-refractivity contribution in [2.45, 2.75) is 11.4 Å². The summed E-state index contributed by atoms with van der Waals surface area (Å²) in [7, 11) is -5.64. The summed E-state index contributed by atoms with van der Waals surface area (Å²) < 4.78 is 61.4. The topological polar surface area (TPSA) is 43.4 Å². The average Bonchev–Trinajstić information content (AvgIpc) is 2.16. The fourth-order valence-electron chi connectivity index (χ4n) is 0.861. The van der Waals surface area contributed by atoms with Crippen molar-refractivity contribution in [1.82, 2.24) is 0 Å². The quantitative estimate of drug-likeness (QED) is 0.483. The minimum atomic E-state index is -5.64. The van der Waals surface area contributed by atoms with Crippen molar-refractivity contribution < 1.29 is 25.8 Å². The standard InChI is InChI=1S/C8H6ClF3O3S/c9-5-6-3-1-2-4-7(6)15-16(13,14)8(10,11)12/h1-4H,5H2. The predicted molar refractivity (Wildman–Crippen MR) is 51.6 cm³/mol. The van der Waals surface area contributed by atoms with Gasteiger partial charge in [-0.05, 0) is 6.07 Å². The summed E-state index contributed by atoms with van der Waals surface area (Å²) >= 11 is 5.42. The van der Waals surface area contributed by atoms with Crippen LogP contribution in [0.25, 0.3) is 0 Å². The van der Waals surface area contributed by atoms with Crippen molar-refractivity contribution in [3.63, 3.8) is 0 Å². The Kier molecular flexibility index (Phi) is 3.69. The van der Waals surface area contributed by atoms with Gasteiger partial charge in [-0.15, -0.1) is 11.6 Å². The third kappa shape index (κ3) is 2.79. The van der Waals surface area contributed by atoms with E-state index in [9.17, 15) is 21.6 Å². The fourth-order valence-corrected chi connectivity index (χ4v) is 1.58. The molecule has 0 fully saturated rings. The van der Waals surface area contributed by atoms with E-state index in [4.69, 9.17) is 11.6 Å². The van der Waals surface area contributed by atoms with E-state index in [0.717, 1.165) is 6.07 Å². The Hall–Kier alpha value is -0.950. The molecular formula is C8H6ClF3O3S. The van der Waals surface area contributed by atoms with Gasteiger partial charge in [-0.2, -0.15) is 21.6 Å².